The summed E-state index contributed by atoms with van der Waals surface area (Å²) >= 11 is 1.51. The van der Waals surface area contributed by atoms with Crippen molar-refractivity contribution in [2.24, 2.45) is 0 Å². The molecule has 1 aromatic carbocycles. The summed E-state index contributed by atoms with van der Waals surface area (Å²) in [6.07, 6.45) is 1.15. The highest BCUT2D eigenvalue weighted by Gasteiger charge is 2.22. The number of anilines is 1. The van der Waals surface area contributed by atoms with Gasteiger partial charge in [-0.2, -0.15) is 4.37 Å². The molecule has 0 aliphatic carbocycles. The number of rotatable bonds is 4. The van der Waals surface area contributed by atoms with Gasteiger partial charge in [-0.15, -0.1) is 0 Å². The number of hydrogen-bond acceptors (Lipinski definition) is 6. The molecule has 6 heteroatoms. The van der Waals surface area contributed by atoms with Crippen LogP contribution in [0.3, 0.4) is 0 Å². The normalized spacial score (nSPS) is 17.8. The summed E-state index contributed by atoms with van der Waals surface area (Å²) < 4.78 is 9.66. The molecule has 0 unspecified atom stereocenters. The predicted molar refractivity (Wildman–Crippen MR) is 94.5 cm³/mol. The molecular formula is C17H24N4OS. The summed E-state index contributed by atoms with van der Waals surface area (Å²) in [6, 6.07) is 8.78. The number of aromatic nitrogens is 2. The number of aryl methyl sites for hydroxylation is 1. The van der Waals surface area contributed by atoms with Gasteiger partial charge < -0.3 is 9.64 Å². The van der Waals surface area contributed by atoms with Crippen LogP contribution in [-0.4, -0.2) is 47.5 Å². The predicted octanol–water partition coefficient (Wildman–Crippen LogP) is 3.13. The first-order valence-corrected chi connectivity index (χ1v) is 8.88. The number of ether oxygens (including phenoxy) is 1. The summed E-state index contributed by atoms with van der Waals surface area (Å²) in [5, 5.41) is 1.05. The zero-order valence-corrected chi connectivity index (χ0v) is 14.8. The van der Waals surface area contributed by atoms with Crippen molar-refractivity contribution in [3.63, 3.8) is 0 Å². The van der Waals surface area contributed by atoms with Crippen LogP contribution < -0.4 is 9.64 Å². The quantitative estimate of drug-likeness (QED) is 0.860. The molecule has 1 atom stereocenters. The first-order valence-electron chi connectivity index (χ1n) is 8.10. The zero-order valence-electron chi connectivity index (χ0n) is 14.0. The van der Waals surface area contributed by atoms with Gasteiger partial charge in [-0.3, -0.25) is 4.90 Å². The van der Waals surface area contributed by atoms with Gasteiger partial charge in [-0.25, -0.2) is 4.98 Å². The van der Waals surface area contributed by atoms with Gasteiger partial charge in [-0.1, -0.05) is 12.1 Å². The highest BCUT2D eigenvalue weighted by Crippen LogP contribution is 2.26. The van der Waals surface area contributed by atoms with Gasteiger partial charge in [0.15, 0.2) is 0 Å². The van der Waals surface area contributed by atoms with Crippen molar-refractivity contribution in [2.75, 3.05) is 38.2 Å². The standard InChI is InChI=1S/C17H24N4OS/c1-13(15-6-4-7-16(12-15)22-3)20-8-5-9-21(11-10-20)17-18-14(2)19-23-17/h4,6-7,12-13H,5,8-11H2,1-3H3/t13-/m1/s1. The van der Waals surface area contributed by atoms with Crippen LogP contribution in [0.2, 0.25) is 0 Å². The maximum absolute atomic E-state index is 5.35. The molecule has 0 radical (unpaired) electrons. The van der Waals surface area contributed by atoms with Gasteiger partial charge in [-0.05, 0) is 38.0 Å². The minimum atomic E-state index is 0.390. The minimum Gasteiger partial charge on any atom is -0.497 e. The molecule has 1 aromatic heterocycles. The molecule has 3 rings (SSSR count). The lowest BCUT2D eigenvalue weighted by molar-refractivity contribution is 0.226. The van der Waals surface area contributed by atoms with Crippen LogP contribution in [0.15, 0.2) is 24.3 Å². The molecular weight excluding hydrogens is 308 g/mol. The molecule has 0 saturated carbocycles. The van der Waals surface area contributed by atoms with Gasteiger partial charge in [0.1, 0.15) is 11.6 Å². The molecule has 0 N–H and O–H groups in total. The Morgan fingerprint density at radius 2 is 2.09 bits per heavy atom. The van der Waals surface area contributed by atoms with Gasteiger partial charge in [0.05, 0.1) is 7.11 Å². The molecule has 1 saturated heterocycles. The smallest absolute Gasteiger partial charge is 0.205 e. The Morgan fingerprint density at radius 3 is 2.83 bits per heavy atom. The number of nitrogens with zero attached hydrogens (tertiary/aromatic N) is 4. The van der Waals surface area contributed by atoms with Crippen molar-refractivity contribution >= 4 is 16.7 Å². The van der Waals surface area contributed by atoms with Crippen LogP contribution in [0.1, 0.15) is 30.8 Å². The first kappa shape index (κ1) is 16.2. The van der Waals surface area contributed by atoms with E-state index in [2.05, 4.69) is 44.3 Å². The highest BCUT2D eigenvalue weighted by molar-refractivity contribution is 7.09. The third-order valence-corrected chi connectivity index (χ3v) is 5.31. The zero-order chi connectivity index (χ0) is 16.2. The van der Waals surface area contributed by atoms with Crippen LogP contribution in [0.4, 0.5) is 5.13 Å². The molecule has 2 aromatic rings. The van der Waals surface area contributed by atoms with Crippen LogP contribution in [0.5, 0.6) is 5.75 Å². The van der Waals surface area contributed by atoms with Crippen LogP contribution >= 0.6 is 11.5 Å². The summed E-state index contributed by atoms with van der Waals surface area (Å²) in [4.78, 5) is 9.43. The second kappa shape index (κ2) is 7.27. The summed E-state index contributed by atoms with van der Waals surface area (Å²) in [5.41, 5.74) is 1.31. The van der Waals surface area contributed by atoms with Gasteiger partial charge >= 0.3 is 0 Å². The summed E-state index contributed by atoms with van der Waals surface area (Å²) in [6.45, 7) is 8.43. The number of methoxy groups -OCH3 is 1. The third-order valence-electron chi connectivity index (χ3n) is 4.44. The van der Waals surface area contributed by atoms with E-state index in [1.165, 1.54) is 17.1 Å². The van der Waals surface area contributed by atoms with Crippen LogP contribution in [0, 0.1) is 6.92 Å². The van der Waals surface area contributed by atoms with Crippen molar-refractivity contribution < 1.29 is 4.74 Å². The Balaban J connectivity index is 1.67. The lowest BCUT2D eigenvalue weighted by Gasteiger charge is -2.28. The molecule has 1 fully saturated rings. The molecule has 1 aliphatic heterocycles. The van der Waals surface area contributed by atoms with Crippen molar-refractivity contribution in [3.8, 4) is 5.75 Å². The van der Waals surface area contributed by atoms with E-state index >= 15 is 0 Å². The van der Waals surface area contributed by atoms with Crippen molar-refractivity contribution in [1.82, 2.24) is 14.3 Å². The van der Waals surface area contributed by atoms with Crippen molar-refractivity contribution in [1.29, 1.82) is 0 Å². The van der Waals surface area contributed by atoms with Gasteiger partial charge in [0, 0.05) is 43.8 Å². The average Bonchev–Trinajstić information content (AvgIpc) is 2.86. The maximum atomic E-state index is 5.35. The van der Waals surface area contributed by atoms with Gasteiger partial charge in [0.2, 0.25) is 5.13 Å². The van der Waals surface area contributed by atoms with E-state index in [0.717, 1.165) is 49.3 Å². The molecule has 23 heavy (non-hydrogen) atoms. The minimum absolute atomic E-state index is 0.390. The molecule has 124 valence electrons. The lowest BCUT2D eigenvalue weighted by atomic mass is 10.1. The van der Waals surface area contributed by atoms with Crippen LogP contribution in [0.25, 0.3) is 0 Å². The van der Waals surface area contributed by atoms with E-state index in [4.69, 9.17) is 4.74 Å². The Bertz CT molecular complexity index is 645. The molecule has 5 nitrogen and oxygen atoms in total. The maximum Gasteiger partial charge on any atom is 0.205 e. The Hall–Kier alpha value is -1.66. The first-order chi connectivity index (χ1) is 11.2. The second-order valence-electron chi connectivity index (χ2n) is 5.95. The van der Waals surface area contributed by atoms with E-state index < -0.39 is 0 Å². The topological polar surface area (TPSA) is 41.5 Å². The largest absolute Gasteiger partial charge is 0.497 e. The fraction of sp³-hybridized carbons (Fsp3) is 0.529. The fourth-order valence-electron chi connectivity index (χ4n) is 3.04. The van der Waals surface area contributed by atoms with Crippen LogP contribution in [-0.2, 0) is 0 Å². The molecule has 0 bridgehead atoms. The highest BCUT2D eigenvalue weighted by atomic mass is 32.1. The lowest BCUT2D eigenvalue weighted by Crippen LogP contribution is -2.32. The van der Waals surface area contributed by atoms with Gasteiger partial charge in [0.25, 0.3) is 0 Å². The van der Waals surface area contributed by atoms with E-state index in [1.807, 2.05) is 13.0 Å². The van der Waals surface area contributed by atoms with E-state index in [-0.39, 0.29) is 0 Å². The average molecular weight is 332 g/mol. The number of benzene rings is 1. The SMILES string of the molecule is COc1cccc([C@@H](C)N2CCCN(c3nc(C)ns3)CC2)c1. The van der Waals surface area contributed by atoms with E-state index in [1.54, 1.807) is 7.11 Å². The van der Waals surface area contributed by atoms with E-state index in [0.29, 0.717) is 6.04 Å². The number of hydrogen-bond donors (Lipinski definition) is 0. The fourth-order valence-corrected chi connectivity index (χ4v) is 3.77. The molecule has 1 aliphatic rings. The Kier molecular flexibility index (Phi) is 5.13. The Morgan fingerprint density at radius 1 is 1.22 bits per heavy atom. The molecule has 0 amide bonds. The Labute approximate surface area is 142 Å². The molecule has 0 spiro atoms. The monoisotopic (exact) mass is 332 g/mol. The van der Waals surface area contributed by atoms with Crippen molar-refractivity contribution in [2.45, 2.75) is 26.3 Å². The summed E-state index contributed by atoms with van der Waals surface area (Å²) in [7, 11) is 1.72. The molecule has 2 heterocycles. The third kappa shape index (κ3) is 3.82. The van der Waals surface area contributed by atoms with E-state index in [9.17, 15) is 0 Å². The second-order valence-corrected chi connectivity index (χ2v) is 6.68. The van der Waals surface area contributed by atoms with Crippen molar-refractivity contribution in [3.05, 3.63) is 35.7 Å². The summed E-state index contributed by atoms with van der Waals surface area (Å²) in [5.74, 6) is 1.80.